The second-order valence-electron chi connectivity index (χ2n) is 13.3. The van der Waals surface area contributed by atoms with Crippen molar-refractivity contribution in [3.05, 3.63) is 48.2 Å². The van der Waals surface area contributed by atoms with Crippen molar-refractivity contribution in [2.45, 2.75) is 123 Å². The van der Waals surface area contributed by atoms with Gasteiger partial charge in [0.25, 0.3) is 0 Å². The topological polar surface area (TPSA) is 21.7 Å². The lowest BCUT2D eigenvalue weighted by molar-refractivity contribution is -0.259. The van der Waals surface area contributed by atoms with Crippen LogP contribution in [0.15, 0.2) is 42.7 Å². The van der Waals surface area contributed by atoms with Crippen molar-refractivity contribution in [1.82, 2.24) is 5.06 Å². The molecule has 0 radical (unpaired) electrons. The van der Waals surface area contributed by atoms with Crippen molar-refractivity contribution in [3.63, 3.8) is 0 Å². The summed E-state index contributed by atoms with van der Waals surface area (Å²) in [5.41, 5.74) is 3.06. The van der Waals surface area contributed by atoms with E-state index in [-0.39, 0.29) is 11.1 Å². The number of hydrogen-bond donors (Lipinski definition) is 0. The zero-order valence-corrected chi connectivity index (χ0v) is 24.6. The van der Waals surface area contributed by atoms with Crippen LogP contribution in [-0.4, -0.2) is 22.7 Å². The summed E-state index contributed by atoms with van der Waals surface area (Å²) in [4.78, 5) is 6.10. The van der Waals surface area contributed by atoms with Crippen LogP contribution in [0.25, 0.3) is 5.57 Å². The molecule has 2 aliphatic carbocycles. The average Bonchev–Trinajstić information content (AvgIpc) is 2.88. The van der Waals surface area contributed by atoms with Crippen LogP contribution in [0, 0.1) is 23.7 Å². The Morgan fingerprint density at radius 3 is 2.03 bits per heavy atom. The third-order valence-corrected chi connectivity index (χ3v) is 9.52. The van der Waals surface area contributed by atoms with Crippen molar-refractivity contribution in [2.75, 3.05) is 6.61 Å². The Morgan fingerprint density at radius 2 is 1.49 bits per heavy atom. The molecule has 1 unspecified atom stereocenters. The van der Waals surface area contributed by atoms with E-state index in [4.69, 9.17) is 9.57 Å². The number of allylic oxidation sites excluding steroid dienone is 3. The molecule has 0 N–H and O–H groups in total. The summed E-state index contributed by atoms with van der Waals surface area (Å²) in [6, 6.07) is 8.82. The highest BCUT2D eigenvalue weighted by Gasteiger charge is 2.49. The molecule has 206 valence electrons. The molecule has 1 saturated carbocycles. The minimum Gasteiger partial charge on any atom is -0.494 e. The number of hydroxylamine groups is 2. The summed E-state index contributed by atoms with van der Waals surface area (Å²) < 4.78 is 5.85. The Hall–Kier alpha value is -1.74. The summed E-state index contributed by atoms with van der Waals surface area (Å²) >= 11 is 0. The first-order valence-corrected chi connectivity index (χ1v) is 15.2. The molecular weight excluding hydrogens is 454 g/mol. The van der Waals surface area contributed by atoms with Gasteiger partial charge in [0.2, 0.25) is 0 Å². The van der Waals surface area contributed by atoms with Crippen molar-refractivity contribution >= 4 is 5.57 Å². The molecule has 0 spiro atoms. The molecule has 1 aromatic carbocycles. The molecule has 0 amide bonds. The molecular formula is C34H53NO2. The number of ether oxygens (including phenoxy) is 1. The van der Waals surface area contributed by atoms with Crippen molar-refractivity contribution in [3.8, 4) is 5.75 Å². The quantitative estimate of drug-likeness (QED) is 0.245. The molecule has 1 heterocycles. The van der Waals surface area contributed by atoms with Gasteiger partial charge < -0.3 is 9.57 Å². The van der Waals surface area contributed by atoms with E-state index in [2.05, 4.69) is 70.0 Å². The van der Waals surface area contributed by atoms with E-state index < -0.39 is 0 Å². The van der Waals surface area contributed by atoms with E-state index in [0.29, 0.717) is 0 Å². The minimum absolute atomic E-state index is 0.0627. The molecule has 0 bridgehead atoms. The zero-order valence-electron chi connectivity index (χ0n) is 24.6. The molecule has 1 aromatic rings. The van der Waals surface area contributed by atoms with Crippen LogP contribution in [0.1, 0.15) is 118 Å². The maximum absolute atomic E-state index is 6.10. The van der Waals surface area contributed by atoms with Crippen LogP contribution >= 0.6 is 0 Å². The normalized spacial score (nSPS) is 28.7. The standard InChI is InChI=1S/C34H53NO2/c1-7-9-23-36-32-20-18-29(19-21-32)28-12-10-26(11-13-28)27-14-16-30(17-15-27)31-24-33(3,4)35(37-22-8-2)34(5,6)25-31/h8,12,18-22,26-27,30-31H,7,9-11,13-17,23-25H2,1-6H3/b22-8+. The lowest BCUT2D eigenvalue weighted by Crippen LogP contribution is -2.60. The van der Waals surface area contributed by atoms with Gasteiger partial charge in [-0.25, -0.2) is 0 Å². The third-order valence-electron chi connectivity index (χ3n) is 9.52. The Balaban J connectivity index is 1.27. The molecule has 37 heavy (non-hydrogen) atoms. The maximum atomic E-state index is 6.10. The van der Waals surface area contributed by atoms with Gasteiger partial charge in [-0.05, 0) is 146 Å². The van der Waals surface area contributed by atoms with Crippen molar-refractivity contribution in [2.24, 2.45) is 23.7 Å². The highest BCUT2D eigenvalue weighted by atomic mass is 16.7. The SMILES string of the molecule is C/C=C/ON1C(C)(C)CC(C2CCC(C3CC=C(c4ccc(OCCCC)cc4)CC3)CC2)CC1(C)C. The molecule has 1 atom stereocenters. The summed E-state index contributed by atoms with van der Waals surface area (Å²) in [5.74, 6) is 4.49. The second-order valence-corrected chi connectivity index (χ2v) is 13.3. The fourth-order valence-electron chi connectivity index (χ4n) is 7.81. The first-order chi connectivity index (χ1) is 17.7. The molecule has 1 saturated heterocycles. The first kappa shape index (κ1) is 28.3. The van der Waals surface area contributed by atoms with Gasteiger partial charge in [0, 0.05) is 0 Å². The van der Waals surface area contributed by atoms with Gasteiger partial charge >= 0.3 is 0 Å². The Bertz CT molecular complexity index is 886. The number of hydrogen-bond acceptors (Lipinski definition) is 3. The Morgan fingerprint density at radius 1 is 0.865 bits per heavy atom. The number of piperidine rings is 1. The second kappa shape index (κ2) is 12.4. The summed E-state index contributed by atoms with van der Waals surface area (Å²) in [6.07, 6.45) is 20.7. The van der Waals surface area contributed by atoms with Gasteiger partial charge in [-0.2, -0.15) is 0 Å². The highest BCUT2D eigenvalue weighted by molar-refractivity contribution is 5.66. The summed E-state index contributed by atoms with van der Waals surface area (Å²) in [5, 5.41) is 2.26. The van der Waals surface area contributed by atoms with Gasteiger partial charge in [0.15, 0.2) is 0 Å². The molecule has 0 aromatic heterocycles. The number of unbranched alkanes of at least 4 members (excludes halogenated alkanes) is 1. The van der Waals surface area contributed by atoms with Crippen molar-refractivity contribution < 1.29 is 9.57 Å². The number of nitrogens with zero attached hydrogens (tertiary/aromatic N) is 1. The van der Waals surface area contributed by atoms with E-state index in [1.165, 1.54) is 69.8 Å². The Kier molecular flexibility index (Phi) is 9.48. The maximum Gasteiger partial charge on any atom is 0.119 e. The first-order valence-electron chi connectivity index (χ1n) is 15.2. The molecule has 3 nitrogen and oxygen atoms in total. The predicted octanol–water partition coefficient (Wildman–Crippen LogP) is 9.59. The lowest BCUT2D eigenvalue weighted by atomic mass is 9.63. The van der Waals surface area contributed by atoms with Gasteiger partial charge in [0.1, 0.15) is 12.0 Å². The molecule has 1 aliphatic heterocycles. The highest BCUT2D eigenvalue weighted by Crippen LogP contribution is 2.49. The van der Waals surface area contributed by atoms with Crippen LogP contribution in [-0.2, 0) is 4.84 Å². The van der Waals surface area contributed by atoms with Gasteiger partial charge in [0.05, 0.1) is 17.7 Å². The Labute approximate surface area is 227 Å². The van der Waals surface area contributed by atoms with E-state index in [9.17, 15) is 0 Å². The van der Waals surface area contributed by atoms with Crippen LogP contribution in [0.5, 0.6) is 5.75 Å². The van der Waals surface area contributed by atoms with E-state index in [1.807, 2.05) is 19.3 Å². The third kappa shape index (κ3) is 7.02. The van der Waals surface area contributed by atoms with Gasteiger partial charge in [-0.15, -0.1) is 5.06 Å². The van der Waals surface area contributed by atoms with Crippen LogP contribution in [0.3, 0.4) is 0 Å². The van der Waals surface area contributed by atoms with E-state index in [0.717, 1.165) is 42.4 Å². The predicted molar refractivity (Wildman–Crippen MR) is 156 cm³/mol. The monoisotopic (exact) mass is 507 g/mol. The van der Waals surface area contributed by atoms with Gasteiger partial charge in [-0.1, -0.05) is 37.6 Å². The molecule has 3 heteroatoms. The molecule has 4 rings (SSSR count). The smallest absolute Gasteiger partial charge is 0.119 e. The fraction of sp³-hybridized carbons (Fsp3) is 0.706. The molecule has 3 aliphatic rings. The van der Waals surface area contributed by atoms with Crippen LogP contribution in [0.4, 0.5) is 0 Å². The van der Waals surface area contributed by atoms with Crippen LogP contribution in [0.2, 0.25) is 0 Å². The summed E-state index contributed by atoms with van der Waals surface area (Å²) in [7, 11) is 0. The van der Waals surface area contributed by atoms with Crippen molar-refractivity contribution in [1.29, 1.82) is 0 Å². The molecule has 2 fully saturated rings. The average molecular weight is 508 g/mol. The lowest BCUT2D eigenvalue weighted by Gasteiger charge is -2.55. The van der Waals surface area contributed by atoms with E-state index in [1.54, 1.807) is 5.57 Å². The zero-order chi connectivity index (χ0) is 26.5. The minimum atomic E-state index is 0.0627. The number of rotatable bonds is 9. The summed E-state index contributed by atoms with van der Waals surface area (Å²) in [6.45, 7) is 14.5. The number of benzene rings is 1. The van der Waals surface area contributed by atoms with Crippen LogP contribution < -0.4 is 4.74 Å². The van der Waals surface area contributed by atoms with Gasteiger partial charge in [-0.3, -0.25) is 0 Å². The van der Waals surface area contributed by atoms with E-state index >= 15 is 0 Å². The largest absolute Gasteiger partial charge is 0.494 e. The fourth-order valence-corrected chi connectivity index (χ4v) is 7.81.